The fraction of sp³-hybridized carbons (Fsp3) is 0.500. The minimum absolute atomic E-state index is 0.0972. The van der Waals surface area contributed by atoms with E-state index in [1.54, 1.807) is 0 Å². The summed E-state index contributed by atoms with van der Waals surface area (Å²) in [5, 5.41) is 10.6. The lowest BCUT2D eigenvalue weighted by Gasteiger charge is -2.18. The van der Waals surface area contributed by atoms with Crippen molar-refractivity contribution in [3.63, 3.8) is 0 Å². The molecule has 1 aromatic carbocycles. The summed E-state index contributed by atoms with van der Waals surface area (Å²) in [6.07, 6.45) is -2.61. The van der Waals surface area contributed by atoms with Gasteiger partial charge in [-0.05, 0) is 31.5 Å². The van der Waals surface area contributed by atoms with Crippen molar-refractivity contribution in [3.05, 3.63) is 39.4 Å². The van der Waals surface area contributed by atoms with Gasteiger partial charge in [-0.3, -0.25) is 15.0 Å². The van der Waals surface area contributed by atoms with Gasteiger partial charge < -0.3 is 0 Å². The standard InChI is InChI=1S/C12H13F3N2O2/c13-12(14,15)11-7-10(17(18)19)4-3-9(11)8-16-5-1-2-6-16/h3-4,7H,1-2,5-6,8H2. The van der Waals surface area contributed by atoms with Gasteiger partial charge in [-0.2, -0.15) is 13.2 Å². The number of non-ortho nitro benzene ring substituents is 1. The van der Waals surface area contributed by atoms with Crippen LogP contribution < -0.4 is 0 Å². The zero-order chi connectivity index (χ0) is 14.0. The van der Waals surface area contributed by atoms with Gasteiger partial charge in [0.15, 0.2) is 0 Å². The molecule has 0 amide bonds. The summed E-state index contributed by atoms with van der Waals surface area (Å²) in [5.74, 6) is 0. The summed E-state index contributed by atoms with van der Waals surface area (Å²) in [7, 11) is 0. The summed E-state index contributed by atoms with van der Waals surface area (Å²) in [5.41, 5.74) is -1.34. The quantitative estimate of drug-likeness (QED) is 0.628. The van der Waals surface area contributed by atoms with Crippen LogP contribution in [-0.2, 0) is 12.7 Å². The van der Waals surface area contributed by atoms with Crippen LogP contribution in [0.5, 0.6) is 0 Å². The Morgan fingerprint density at radius 2 is 1.89 bits per heavy atom. The molecule has 0 saturated carbocycles. The van der Waals surface area contributed by atoms with Crippen molar-refractivity contribution in [3.8, 4) is 0 Å². The molecule has 1 fully saturated rings. The van der Waals surface area contributed by atoms with E-state index in [1.165, 1.54) is 6.07 Å². The second kappa shape index (κ2) is 5.16. The van der Waals surface area contributed by atoms with Crippen LogP contribution in [0.1, 0.15) is 24.0 Å². The number of benzene rings is 1. The minimum atomic E-state index is -4.57. The first-order chi connectivity index (χ1) is 8.88. The van der Waals surface area contributed by atoms with Crippen molar-refractivity contribution in [2.45, 2.75) is 25.6 Å². The van der Waals surface area contributed by atoms with Crippen LogP contribution in [0, 0.1) is 10.1 Å². The Bertz CT molecular complexity index is 482. The highest BCUT2D eigenvalue weighted by molar-refractivity contribution is 5.41. The largest absolute Gasteiger partial charge is 0.416 e. The molecule has 1 heterocycles. The fourth-order valence-electron chi connectivity index (χ4n) is 2.26. The van der Waals surface area contributed by atoms with Crippen LogP contribution in [0.3, 0.4) is 0 Å². The average molecular weight is 274 g/mol. The zero-order valence-electron chi connectivity index (χ0n) is 10.1. The molecule has 0 bridgehead atoms. The molecule has 1 aliphatic rings. The van der Waals surface area contributed by atoms with Crippen LogP contribution in [0.2, 0.25) is 0 Å². The Hall–Kier alpha value is -1.63. The van der Waals surface area contributed by atoms with E-state index < -0.39 is 22.4 Å². The minimum Gasteiger partial charge on any atom is -0.299 e. The number of halogens is 3. The molecule has 1 saturated heterocycles. The number of alkyl halides is 3. The molecule has 7 heteroatoms. The van der Waals surface area contributed by atoms with Gasteiger partial charge in [-0.15, -0.1) is 0 Å². The maximum Gasteiger partial charge on any atom is 0.416 e. The smallest absolute Gasteiger partial charge is 0.299 e. The SMILES string of the molecule is O=[N+]([O-])c1ccc(CN2CCCC2)c(C(F)(F)F)c1. The van der Waals surface area contributed by atoms with Crippen molar-refractivity contribution in [2.75, 3.05) is 13.1 Å². The third-order valence-electron chi connectivity index (χ3n) is 3.20. The summed E-state index contributed by atoms with van der Waals surface area (Å²) >= 11 is 0. The van der Waals surface area contributed by atoms with E-state index in [0.717, 1.165) is 32.0 Å². The summed E-state index contributed by atoms with van der Waals surface area (Å²) in [4.78, 5) is 11.7. The number of nitro benzene ring substituents is 1. The highest BCUT2D eigenvalue weighted by atomic mass is 19.4. The number of nitro groups is 1. The van der Waals surface area contributed by atoms with Gasteiger partial charge in [0.1, 0.15) is 0 Å². The lowest BCUT2D eigenvalue weighted by atomic mass is 10.1. The van der Waals surface area contributed by atoms with E-state index in [9.17, 15) is 23.3 Å². The van der Waals surface area contributed by atoms with E-state index in [2.05, 4.69) is 0 Å². The maximum atomic E-state index is 12.9. The van der Waals surface area contributed by atoms with Crippen LogP contribution in [0.4, 0.5) is 18.9 Å². The summed E-state index contributed by atoms with van der Waals surface area (Å²) < 4.78 is 38.8. The average Bonchev–Trinajstić information content (AvgIpc) is 2.80. The molecule has 0 spiro atoms. The topological polar surface area (TPSA) is 46.4 Å². The first kappa shape index (κ1) is 13.8. The number of rotatable bonds is 3. The molecule has 0 radical (unpaired) electrons. The highest BCUT2D eigenvalue weighted by Gasteiger charge is 2.35. The molecule has 4 nitrogen and oxygen atoms in total. The van der Waals surface area contributed by atoms with E-state index in [0.29, 0.717) is 6.07 Å². The first-order valence-electron chi connectivity index (χ1n) is 5.95. The maximum absolute atomic E-state index is 12.9. The van der Waals surface area contributed by atoms with Crippen LogP contribution in [0.15, 0.2) is 18.2 Å². The zero-order valence-corrected chi connectivity index (χ0v) is 10.1. The molecular formula is C12H13F3N2O2. The molecule has 0 unspecified atom stereocenters. The van der Waals surface area contributed by atoms with Crippen LogP contribution in [0.25, 0.3) is 0 Å². The molecule has 0 aliphatic carbocycles. The normalized spacial score (nSPS) is 16.8. The van der Waals surface area contributed by atoms with Crippen molar-refractivity contribution < 1.29 is 18.1 Å². The summed E-state index contributed by atoms with van der Waals surface area (Å²) in [6, 6.07) is 2.95. The van der Waals surface area contributed by atoms with Gasteiger partial charge in [-0.25, -0.2) is 0 Å². The van der Waals surface area contributed by atoms with Crippen molar-refractivity contribution in [1.82, 2.24) is 4.90 Å². The second-order valence-corrected chi connectivity index (χ2v) is 4.58. The lowest BCUT2D eigenvalue weighted by molar-refractivity contribution is -0.385. The predicted octanol–water partition coefficient (Wildman–Crippen LogP) is 3.21. The summed E-state index contributed by atoms with van der Waals surface area (Å²) in [6.45, 7) is 1.73. The Labute approximate surface area is 108 Å². The Morgan fingerprint density at radius 1 is 1.26 bits per heavy atom. The molecule has 2 rings (SSSR count). The van der Waals surface area contributed by atoms with Gasteiger partial charge >= 0.3 is 6.18 Å². The van der Waals surface area contributed by atoms with Gasteiger partial charge in [0.05, 0.1) is 10.5 Å². The third-order valence-corrected chi connectivity index (χ3v) is 3.20. The Morgan fingerprint density at radius 3 is 2.42 bits per heavy atom. The van der Waals surface area contributed by atoms with E-state index in [-0.39, 0.29) is 12.1 Å². The van der Waals surface area contributed by atoms with Crippen LogP contribution in [-0.4, -0.2) is 22.9 Å². The van der Waals surface area contributed by atoms with Crippen molar-refractivity contribution in [1.29, 1.82) is 0 Å². The highest BCUT2D eigenvalue weighted by Crippen LogP contribution is 2.35. The van der Waals surface area contributed by atoms with Gasteiger partial charge in [0.25, 0.3) is 5.69 Å². The number of hydrogen-bond donors (Lipinski definition) is 0. The third kappa shape index (κ3) is 3.23. The molecule has 0 N–H and O–H groups in total. The molecule has 0 aromatic heterocycles. The predicted molar refractivity (Wildman–Crippen MR) is 62.6 cm³/mol. The molecule has 0 atom stereocenters. The van der Waals surface area contributed by atoms with E-state index >= 15 is 0 Å². The fourth-order valence-corrected chi connectivity index (χ4v) is 2.26. The molecule has 19 heavy (non-hydrogen) atoms. The lowest BCUT2D eigenvalue weighted by Crippen LogP contribution is -2.21. The number of nitrogens with zero attached hydrogens (tertiary/aromatic N) is 2. The van der Waals surface area contributed by atoms with E-state index in [1.807, 2.05) is 4.90 Å². The van der Waals surface area contributed by atoms with Crippen molar-refractivity contribution >= 4 is 5.69 Å². The Kier molecular flexibility index (Phi) is 3.75. The van der Waals surface area contributed by atoms with Crippen LogP contribution >= 0.6 is 0 Å². The van der Waals surface area contributed by atoms with Gasteiger partial charge in [-0.1, -0.05) is 6.07 Å². The monoisotopic (exact) mass is 274 g/mol. The van der Waals surface area contributed by atoms with Gasteiger partial charge in [0.2, 0.25) is 0 Å². The Balaban J connectivity index is 2.33. The molecular weight excluding hydrogens is 261 g/mol. The molecule has 1 aromatic rings. The van der Waals surface area contributed by atoms with E-state index in [4.69, 9.17) is 0 Å². The molecule has 1 aliphatic heterocycles. The number of likely N-dealkylation sites (tertiary alicyclic amines) is 1. The van der Waals surface area contributed by atoms with Crippen molar-refractivity contribution in [2.24, 2.45) is 0 Å². The van der Waals surface area contributed by atoms with Gasteiger partial charge in [0, 0.05) is 18.7 Å². The first-order valence-corrected chi connectivity index (χ1v) is 5.95. The molecule has 104 valence electrons. The second-order valence-electron chi connectivity index (χ2n) is 4.58. The number of hydrogen-bond acceptors (Lipinski definition) is 3.